The number of rotatable bonds is 18. The summed E-state index contributed by atoms with van der Waals surface area (Å²) in [6.45, 7) is 11.8. The smallest absolute Gasteiger partial charge is 0.304 e. The summed E-state index contributed by atoms with van der Waals surface area (Å²) in [5.74, 6) is 0.360. The minimum atomic E-state index is -4.42. The van der Waals surface area contributed by atoms with E-state index >= 15 is 0 Å². The number of anilines is 1. The maximum absolute atomic E-state index is 12.4. The van der Waals surface area contributed by atoms with E-state index in [4.69, 9.17) is 5.11 Å². The maximum Gasteiger partial charge on any atom is 0.304 e. The Kier molecular flexibility index (Phi) is 13.5. The molecule has 4 N–H and O–H groups in total. The number of fused-ring (bicyclic) bond motifs is 2. The molecule has 0 saturated heterocycles. The predicted molar refractivity (Wildman–Crippen MR) is 207 cm³/mol. The van der Waals surface area contributed by atoms with Crippen LogP contribution in [0.3, 0.4) is 0 Å². The van der Waals surface area contributed by atoms with Crippen LogP contribution >= 0.6 is 21.6 Å². The van der Waals surface area contributed by atoms with Gasteiger partial charge in [0, 0.05) is 71.9 Å². The van der Waals surface area contributed by atoms with Crippen molar-refractivity contribution in [1.82, 2.24) is 5.32 Å². The fourth-order valence-corrected chi connectivity index (χ4v) is 9.64. The van der Waals surface area contributed by atoms with E-state index in [2.05, 4.69) is 14.8 Å². The van der Waals surface area contributed by atoms with Crippen molar-refractivity contribution in [3.8, 4) is 0 Å². The van der Waals surface area contributed by atoms with Crippen LogP contribution in [0.15, 0.2) is 70.1 Å². The van der Waals surface area contributed by atoms with Gasteiger partial charge in [0.2, 0.25) is 11.6 Å². The molecule has 0 bridgehead atoms. The van der Waals surface area contributed by atoms with E-state index in [1.807, 2.05) is 52.8 Å². The largest absolute Gasteiger partial charge is 0.481 e. The molecular formula is C36H48N3O9S4+. The predicted octanol–water partition coefficient (Wildman–Crippen LogP) is 6.35. The van der Waals surface area contributed by atoms with Crippen molar-refractivity contribution < 1.29 is 45.2 Å². The number of carboxylic acids is 1. The van der Waals surface area contributed by atoms with Gasteiger partial charge in [-0.05, 0) is 75.6 Å². The van der Waals surface area contributed by atoms with Gasteiger partial charge < -0.3 is 15.3 Å². The highest BCUT2D eigenvalue weighted by atomic mass is 33.1. The van der Waals surface area contributed by atoms with Gasteiger partial charge in [0.1, 0.15) is 6.54 Å². The van der Waals surface area contributed by atoms with Gasteiger partial charge in [-0.25, -0.2) is 0 Å². The first kappa shape index (κ1) is 41.6. The Morgan fingerprint density at radius 2 is 1.50 bits per heavy atom. The van der Waals surface area contributed by atoms with E-state index in [-0.39, 0.29) is 22.1 Å². The van der Waals surface area contributed by atoms with Crippen LogP contribution in [0.25, 0.3) is 0 Å². The second kappa shape index (κ2) is 16.9. The summed E-state index contributed by atoms with van der Waals surface area (Å²) in [4.78, 5) is 24.7. The Labute approximate surface area is 314 Å². The normalized spacial score (nSPS) is 17.2. The molecule has 52 heavy (non-hydrogen) atoms. The molecule has 0 unspecified atom stereocenters. The van der Waals surface area contributed by atoms with Crippen molar-refractivity contribution in [3.05, 3.63) is 71.5 Å². The Hall–Kier alpha value is -3.15. The first-order valence-corrected chi connectivity index (χ1v) is 22.4. The third-order valence-corrected chi connectivity index (χ3v) is 13.5. The van der Waals surface area contributed by atoms with Crippen molar-refractivity contribution in [3.63, 3.8) is 0 Å². The second-order valence-electron chi connectivity index (χ2n) is 13.7. The quantitative estimate of drug-likeness (QED) is 0.0570. The highest BCUT2D eigenvalue weighted by Gasteiger charge is 2.45. The summed E-state index contributed by atoms with van der Waals surface area (Å²) < 4.78 is 69.6. The Morgan fingerprint density at radius 3 is 2.13 bits per heavy atom. The molecule has 2 aliphatic rings. The van der Waals surface area contributed by atoms with Crippen LogP contribution in [0.5, 0.6) is 0 Å². The molecule has 0 fully saturated rings. The van der Waals surface area contributed by atoms with Crippen molar-refractivity contribution in [2.24, 2.45) is 0 Å². The number of amides is 1. The number of nitrogens with zero attached hydrogens (tertiary/aromatic N) is 2. The molecule has 0 spiro atoms. The third-order valence-electron chi connectivity index (χ3n) is 9.42. The zero-order valence-electron chi connectivity index (χ0n) is 30.1. The topological polar surface area (TPSA) is 181 Å². The fourth-order valence-electron chi connectivity index (χ4n) is 6.74. The first-order valence-electron chi connectivity index (χ1n) is 17.1. The summed E-state index contributed by atoms with van der Waals surface area (Å²) in [5, 5.41) is 11.6. The highest BCUT2D eigenvalue weighted by molar-refractivity contribution is 8.76. The van der Waals surface area contributed by atoms with Crippen molar-refractivity contribution in [2.45, 2.75) is 87.3 Å². The average Bonchev–Trinajstić information content (AvgIpc) is 3.40. The van der Waals surface area contributed by atoms with Crippen molar-refractivity contribution in [2.75, 3.05) is 36.0 Å². The van der Waals surface area contributed by atoms with Crippen LogP contribution < -0.4 is 10.2 Å². The molecule has 16 heteroatoms. The van der Waals surface area contributed by atoms with E-state index in [9.17, 15) is 35.5 Å². The molecule has 0 saturated carbocycles. The maximum atomic E-state index is 12.4. The second-order valence-corrected chi connectivity index (χ2v) is 19.2. The SMILES string of the molecule is CCN1/C(=C/C=C/C2=[N+](CCCCCC(=O)NCCSSCCC(=O)O)c3ccc(S(=O)(=O)O)cc3C2(C)C)C(C)(C)c2cc(S(=O)(=O)O)ccc21. The molecule has 4 rings (SSSR count). The molecule has 12 nitrogen and oxygen atoms in total. The van der Waals surface area contributed by atoms with Gasteiger partial charge in [-0.15, -0.1) is 0 Å². The number of carbonyl (C=O) groups is 2. The zero-order valence-corrected chi connectivity index (χ0v) is 33.4. The molecule has 284 valence electrons. The van der Waals surface area contributed by atoms with Crippen molar-refractivity contribution in [1.29, 1.82) is 0 Å². The summed E-state index contributed by atoms with van der Waals surface area (Å²) in [7, 11) is -5.79. The van der Waals surface area contributed by atoms with Gasteiger partial charge in [0.15, 0.2) is 5.71 Å². The standard InChI is InChI=1S/C36H47N3O9S4/c1-6-38-29-16-14-25(51(43,44)45)23-27(29)35(2,3)31(38)11-10-12-32-36(4,5)28-24-26(52(46,47)48)15-17-30(28)39(32)20-9-7-8-13-33(40)37-19-22-50-49-21-18-34(41)42/h10-12,14-17,23-24H,6-9,13,18-22H2,1-5H3,(H3-,37,40,41,42,43,44,45,46,47,48)/p+1. The zero-order chi connectivity index (χ0) is 38.5. The van der Waals surface area contributed by atoms with Gasteiger partial charge in [-0.1, -0.05) is 41.5 Å². The molecule has 1 amide bonds. The summed E-state index contributed by atoms with van der Waals surface area (Å²) in [6.07, 6.45) is 8.68. The molecule has 0 aliphatic carbocycles. The summed E-state index contributed by atoms with van der Waals surface area (Å²) in [5.41, 5.74) is 3.90. The minimum Gasteiger partial charge on any atom is -0.481 e. The molecule has 2 aromatic rings. The number of aliphatic carboxylic acids is 1. The van der Waals surface area contributed by atoms with E-state index in [1.165, 1.54) is 45.9 Å². The van der Waals surface area contributed by atoms with Gasteiger partial charge in [-0.3, -0.25) is 18.7 Å². The van der Waals surface area contributed by atoms with Gasteiger partial charge in [0.05, 0.1) is 21.6 Å². The number of hydrogen-bond donors (Lipinski definition) is 4. The molecular weight excluding hydrogens is 747 g/mol. The lowest BCUT2D eigenvalue weighted by atomic mass is 9.81. The summed E-state index contributed by atoms with van der Waals surface area (Å²) in [6, 6.07) is 9.27. The molecule has 0 atom stereocenters. The number of allylic oxidation sites excluding steroid dienone is 4. The van der Waals surface area contributed by atoms with Crippen LogP contribution in [-0.4, -0.2) is 84.4 Å². The van der Waals surface area contributed by atoms with Gasteiger partial charge in [-0.2, -0.15) is 21.4 Å². The number of nitrogens with one attached hydrogen (secondary N) is 1. The molecule has 2 aliphatic heterocycles. The van der Waals surface area contributed by atoms with E-state index in [0.717, 1.165) is 46.8 Å². The number of benzene rings is 2. The van der Waals surface area contributed by atoms with Crippen molar-refractivity contribution >= 4 is 70.8 Å². The number of carbonyl (C=O) groups excluding carboxylic acids is 1. The van der Waals surface area contributed by atoms with Crippen LogP contribution in [-0.2, 0) is 40.7 Å². The molecule has 2 heterocycles. The number of likely N-dealkylation sites (N-methyl/N-ethyl adjacent to an activating group) is 1. The van der Waals surface area contributed by atoms with E-state index < -0.39 is 37.0 Å². The van der Waals surface area contributed by atoms with Gasteiger partial charge in [0.25, 0.3) is 20.2 Å². The van der Waals surface area contributed by atoms with E-state index in [1.54, 1.807) is 12.1 Å². The van der Waals surface area contributed by atoms with Crippen LogP contribution in [0.4, 0.5) is 11.4 Å². The molecule has 0 radical (unpaired) electrons. The van der Waals surface area contributed by atoms with Gasteiger partial charge >= 0.3 is 5.97 Å². The molecule has 0 aromatic heterocycles. The Balaban J connectivity index is 1.51. The number of unbranched alkanes of at least 4 members (excludes halogenated alkanes) is 2. The Bertz CT molecular complexity index is 2000. The van der Waals surface area contributed by atoms with Crippen LogP contribution in [0.1, 0.15) is 77.8 Å². The Morgan fingerprint density at radius 1 is 0.865 bits per heavy atom. The van der Waals surface area contributed by atoms with Crippen LogP contribution in [0, 0.1) is 0 Å². The number of hydrogen-bond acceptors (Lipinski definition) is 9. The average molecular weight is 795 g/mol. The lowest BCUT2D eigenvalue weighted by molar-refractivity contribution is -0.438. The minimum absolute atomic E-state index is 0.0305. The van der Waals surface area contributed by atoms with E-state index in [0.29, 0.717) is 44.0 Å². The highest BCUT2D eigenvalue weighted by Crippen LogP contribution is 2.48. The molecule has 2 aromatic carbocycles. The summed E-state index contributed by atoms with van der Waals surface area (Å²) >= 11 is 0. The van der Waals surface area contributed by atoms with Crippen LogP contribution in [0.2, 0.25) is 0 Å². The third kappa shape index (κ3) is 9.68. The monoisotopic (exact) mass is 794 g/mol. The number of carboxylic acid groups (broad SMARTS) is 1. The fraction of sp³-hybridized carbons (Fsp3) is 0.472. The lowest BCUT2D eigenvalue weighted by Gasteiger charge is -2.25. The first-order chi connectivity index (χ1) is 24.3. The lowest BCUT2D eigenvalue weighted by Crippen LogP contribution is -2.28.